The standard InChI is InChI=1S/C19H26O3S.Na/c1-11(2)16-10-17(12(3)4)19(13(5)6)15-8-7-14(9-18(15)16)23(20,21)22;/h7-13H,1-6H3,(H,20,21,22);/q;+1/p-1. The van der Waals surface area contributed by atoms with Gasteiger partial charge in [-0.1, -0.05) is 53.7 Å². The number of rotatable bonds is 4. The molecule has 0 atom stereocenters. The molecule has 0 saturated carbocycles. The average molecular weight is 356 g/mol. The summed E-state index contributed by atoms with van der Waals surface area (Å²) >= 11 is 0. The summed E-state index contributed by atoms with van der Waals surface area (Å²) in [4.78, 5) is -0.154. The first-order valence-corrected chi connectivity index (χ1v) is 9.51. The normalized spacial score (nSPS) is 12.2. The monoisotopic (exact) mass is 356 g/mol. The van der Waals surface area contributed by atoms with Crippen LogP contribution in [-0.2, 0) is 10.1 Å². The molecule has 2 aromatic carbocycles. The van der Waals surface area contributed by atoms with Crippen molar-refractivity contribution < 1.29 is 42.5 Å². The van der Waals surface area contributed by atoms with Gasteiger partial charge < -0.3 is 4.55 Å². The second-order valence-corrected chi connectivity index (χ2v) is 8.47. The summed E-state index contributed by atoms with van der Waals surface area (Å²) in [6.07, 6.45) is 0. The topological polar surface area (TPSA) is 57.2 Å². The summed E-state index contributed by atoms with van der Waals surface area (Å²) in [7, 11) is -4.45. The van der Waals surface area contributed by atoms with Crippen molar-refractivity contribution in [1.82, 2.24) is 0 Å². The molecular weight excluding hydrogens is 331 g/mol. The zero-order valence-electron chi connectivity index (χ0n) is 15.7. The van der Waals surface area contributed by atoms with E-state index in [9.17, 15) is 13.0 Å². The maximum atomic E-state index is 11.4. The van der Waals surface area contributed by atoms with Crippen molar-refractivity contribution in [1.29, 1.82) is 0 Å². The van der Waals surface area contributed by atoms with Crippen molar-refractivity contribution in [3.63, 3.8) is 0 Å². The van der Waals surface area contributed by atoms with Crippen molar-refractivity contribution in [2.24, 2.45) is 0 Å². The van der Waals surface area contributed by atoms with E-state index in [-0.39, 0.29) is 40.4 Å². The van der Waals surface area contributed by atoms with E-state index >= 15 is 0 Å². The smallest absolute Gasteiger partial charge is 0.744 e. The Morgan fingerprint density at radius 3 is 1.75 bits per heavy atom. The van der Waals surface area contributed by atoms with E-state index in [4.69, 9.17) is 0 Å². The van der Waals surface area contributed by atoms with Gasteiger partial charge in [0.2, 0.25) is 0 Å². The summed E-state index contributed by atoms with van der Waals surface area (Å²) in [5, 5.41) is 1.94. The third kappa shape index (κ3) is 4.23. The molecule has 0 saturated heterocycles. The Bertz CT molecular complexity index is 837. The van der Waals surface area contributed by atoms with Gasteiger partial charge in [0.1, 0.15) is 10.1 Å². The third-order valence-electron chi connectivity index (χ3n) is 4.32. The molecule has 0 spiro atoms. The minimum absolute atomic E-state index is 0. The first-order valence-electron chi connectivity index (χ1n) is 8.10. The number of hydrogen-bond donors (Lipinski definition) is 0. The fourth-order valence-corrected chi connectivity index (χ4v) is 3.73. The van der Waals surface area contributed by atoms with E-state index in [2.05, 4.69) is 47.6 Å². The second-order valence-electron chi connectivity index (χ2n) is 7.09. The van der Waals surface area contributed by atoms with Crippen molar-refractivity contribution in [3.8, 4) is 0 Å². The summed E-state index contributed by atoms with van der Waals surface area (Å²) < 4.78 is 34.2. The van der Waals surface area contributed by atoms with Gasteiger partial charge in [-0.3, -0.25) is 0 Å². The van der Waals surface area contributed by atoms with Gasteiger partial charge in [-0.25, -0.2) is 8.42 Å². The zero-order valence-corrected chi connectivity index (χ0v) is 18.5. The van der Waals surface area contributed by atoms with Crippen LogP contribution in [0.3, 0.4) is 0 Å². The molecule has 3 nitrogen and oxygen atoms in total. The van der Waals surface area contributed by atoms with E-state index in [0.717, 1.165) is 16.3 Å². The van der Waals surface area contributed by atoms with Gasteiger partial charge in [0.05, 0.1) is 4.90 Å². The van der Waals surface area contributed by atoms with Crippen molar-refractivity contribution in [2.75, 3.05) is 0 Å². The van der Waals surface area contributed by atoms with E-state index in [1.165, 1.54) is 17.2 Å². The van der Waals surface area contributed by atoms with Gasteiger partial charge in [0.15, 0.2) is 0 Å². The molecule has 0 aromatic heterocycles. The first kappa shape index (κ1) is 21.7. The quantitative estimate of drug-likeness (QED) is 0.623. The van der Waals surface area contributed by atoms with Crippen LogP contribution in [-0.4, -0.2) is 13.0 Å². The Kier molecular flexibility index (Phi) is 7.11. The molecule has 0 N–H and O–H groups in total. The molecule has 0 aliphatic carbocycles. The molecule has 24 heavy (non-hydrogen) atoms. The van der Waals surface area contributed by atoms with Crippen LogP contribution in [0.5, 0.6) is 0 Å². The third-order valence-corrected chi connectivity index (χ3v) is 5.16. The fourth-order valence-electron chi connectivity index (χ4n) is 3.23. The predicted octanol–water partition coefficient (Wildman–Crippen LogP) is 2.12. The largest absolute Gasteiger partial charge is 1.00 e. The first-order chi connectivity index (χ1) is 10.5. The maximum absolute atomic E-state index is 11.4. The summed E-state index contributed by atoms with van der Waals surface area (Å²) in [6.45, 7) is 12.8. The molecule has 0 radical (unpaired) electrons. The molecule has 0 bridgehead atoms. The maximum Gasteiger partial charge on any atom is 1.00 e. The SMILES string of the molecule is CC(C)c1cc(C(C)C)c2cc(S(=O)(=O)[O-])ccc2c1C(C)C.[Na+]. The number of hydrogen-bond acceptors (Lipinski definition) is 3. The molecule has 0 fully saturated rings. The number of benzene rings is 2. The van der Waals surface area contributed by atoms with Crippen molar-refractivity contribution in [2.45, 2.75) is 64.2 Å². The minimum atomic E-state index is -4.45. The zero-order chi connectivity index (χ0) is 17.5. The average Bonchev–Trinajstić information content (AvgIpc) is 2.43. The molecule has 0 amide bonds. The van der Waals surface area contributed by atoms with E-state index in [0.29, 0.717) is 11.8 Å². The van der Waals surface area contributed by atoms with Gasteiger partial charge in [-0.05, 0) is 57.3 Å². The minimum Gasteiger partial charge on any atom is -0.744 e. The molecule has 0 aliphatic heterocycles. The molecule has 0 unspecified atom stereocenters. The molecule has 0 aliphatic rings. The Balaban J connectivity index is 0.00000288. The molecular formula is C19H25NaO3S. The molecule has 2 aromatic rings. The number of fused-ring (bicyclic) bond motifs is 1. The van der Waals surface area contributed by atoms with Gasteiger partial charge >= 0.3 is 29.6 Å². The summed E-state index contributed by atoms with van der Waals surface area (Å²) in [5.74, 6) is 0.962. The van der Waals surface area contributed by atoms with E-state index in [1.807, 2.05) is 0 Å². The van der Waals surface area contributed by atoms with Gasteiger partial charge in [0.25, 0.3) is 0 Å². The summed E-state index contributed by atoms with van der Waals surface area (Å²) in [6, 6.07) is 6.97. The van der Waals surface area contributed by atoms with Gasteiger partial charge in [0, 0.05) is 0 Å². The van der Waals surface area contributed by atoms with E-state index in [1.54, 1.807) is 12.1 Å². The van der Waals surface area contributed by atoms with E-state index < -0.39 is 10.1 Å². The molecule has 5 heteroatoms. The van der Waals surface area contributed by atoms with Gasteiger partial charge in [-0.15, -0.1) is 0 Å². The van der Waals surface area contributed by atoms with Crippen LogP contribution in [0.2, 0.25) is 0 Å². The van der Waals surface area contributed by atoms with Gasteiger partial charge in [-0.2, -0.15) is 0 Å². The van der Waals surface area contributed by atoms with Crippen molar-refractivity contribution in [3.05, 3.63) is 41.0 Å². The van der Waals surface area contributed by atoms with Crippen molar-refractivity contribution >= 4 is 20.9 Å². The predicted molar refractivity (Wildman–Crippen MR) is 94.2 cm³/mol. The Morgan fingerprint density at radius 1 is 0.792 bits per heavy atom. The molecule has 0 heterocycles. The summed E-state index contributed by atoms with van der Waals surface area (Å²) in [5.41, 5.74) is 3.64. The molecule has 2 rings (SSSR count). The van der Waals surface area contributed by atoms with Crippen LogP contribution < -0.4 is 29.6 Å². The van der Waals surface area contributed by atoms with Crippen LogP contribution >= 0.6 is 0 Å². The van der Waals surface area contributed by atoms with Crippen LogP contribution in [0.4, 0.5) is 0 Å². The van der Waals surface area contributed by atoms with Crippen LogP contribution in [0.15, 0.2) is 29.2 Å². The van der Waals surface area contributed by atoms with Crippen LogP contribution in [0, 0.1) is 0 Å². The van der Waals surface area contributed by atoms with Crippen LogP contribution in [0.1, 0.15) is 76.0 Å². The Morgan fingerprint density at radius 2 is 1.33 bits per heavy atom. The Labute approximate surface area is 167 Å². The Hall–Kier alpha value is -0.390. The van der Waals surface area contributed by atoms with Crippen LogP contribution in [0.25, 0.3) is 10.8 Å². The molecule has 126 valence electrons. The fraction of sp³-hybridized carbons (Fsp3) is 0.474. The second kappa shape index (κ2) is 7.88.